The van der Waals surface area contributed by atoms with Gasteiger partial charge in [-0.1, -0.05) is 42.5 Å². The minimum atomic E-state index is -0.225. The first-order chi connectivity index (χ1) is 13.7. The molecule has 0 aliphatic heterocycles. The third-order valence-corrected chi connectivity index (χ3v) is 4.39. The van der Waals surface area contributed by atoms with Crippen molar-refractivity contribution in [1.82, 2.24) is 15.3 Å². The lowest BCUT2D eigenvalue weighted by atomic mass is 10.1. The van der Waals surface area contributed by atoms with Crippen LogP contribution in [0.3, 0.4) is 0 Å². The van der Waals surface area contributed by atoms with E-state index in [0.29, 0.717) is 18.2 Å². The van der Waals surface area contributed by atoms with Crippen molar-refractivity contribution < 1.29 is 9.53 Å². The summed E-state index contributed by atoms with van der Waals surface area (Å²) in [5, 5.41) is 6.13. The molecule has 1 atom stereocenters. The third-order valence-electron chi connectivity index (χ3n) is 4.39. The van der Waals surface area contributed by atoms with Crippen LogP contribution in [0.15, 0.2) is 66.9 Å². The minimum Gasteiger partial charge on any atom is -0.497 e. The maximum Gasteiger partial charge on any atom is 0.270 e. The monoisotopic (exact) mass is 376 g/mol. The highest BCUT2D eigenvalue weighted by molar-refractivity contribution is 5.92. The Morgan fingerprint density at radius 2 is 1.82 bits per heavy atom. The zero-order valence-electron chi connectivity index (χ0n) is 16.1. The van der Waals surface area contributed by atoms with Gasteiger partial charge in [0, 0.05) is 12.7 Å². The van der Waals surface area contributed by atoms with Gasteiger partial charge in [0.25, 0.3) is 5.91 Å². The number of amides is 1. The fourth-order valence-corrected chi connectivity index (χ4v) is 2.78. The Kier molecular flexibility index (Phi) is 6.57. The number of anilines is 1. The van der Waals surface area contributed by atoms with Gasteiger partial charge in [-0.2, -0.15) is 0 Å². The van der Waals surface area contributed by atoms with E-state index in [2.05, 4.69) is 20.6 Å². The number of hydrogen-bond acceptors (Lipinski definition) is 5. The highest BCUT2D eigenvalue weighted by Gasteiger charge is 2.13. The summed E-state index contributed by atoms with van der Waals surface area (Å²) in [7, 11) is 1.65. The van der Waals surface area contributed by atoms with Crippen LogP contribution in [0, 0.1) is 0 Å². The maximum atomic E-state index is 12.5. The molecule has 2 aromatic carbocycles. The summed E-state index contributed by atoms with van der Waals surface area (Å²) in [4.78, 5) is 21.0. The SMILES string of the molecule is COc1ccc(CCNc2nccc(C(=O)NC(C)c3ccccc3)n2)cc1. The number of carbonyl (C=O) groups excluding carboxylic acids is 1. The molecule has 0 radical (unpaired) electrons. The normalized spacial score (nSPS) is 11.5. The lowest BCUT2D eigenvalue weighted by Crippen LogP contribution is -2.27. The smallest absolute Gasteiger partial charge is 0.270 e. The zero-order chi connectivity index (χ0) is 19.8. The second-order valence-corrected chi connectivity index (χ2v) is 6.40. The molecule has 6 nitrogen and oxygen atoms in total. The number of aromatic nitrogens is 2. The molecular formula is C22H24N4O2. The van der Waals surface area contributed by atoms with E-state index in [1.807, 2.05) is 61.5 Å². The molecule has 2 N–H and O–H groups in total. The molecule has 0 bridgehead atoms. The first-order valence-corrected chi connectivity index (χ1v) is 9.21. The summed E-state index contributed by atoms with van der Waals surface area (Å²) in [5.41, 5.74) is 2.56. The lowest BCUT2D eigenvalue weighted by molar-refractivity contribution is 0.0935. The van der Waals surface area contributed by atoms with Gasteiger partial charge in [-0.15, -0.1) is 0 Å². The molecule has 1 aromatic heterocycles. The summed E-state index contributed by atoms with van der Waals surface area (Å²) < 4.78 is 5.16. The molecule has 0 aliphatic rings. The summed E-state index contributed by atoms with van der Waals surface area (Å²) in [6.07, 6.45) is 2.40. The fourth-order valence-electron chi connectivity index (χ4n) is 2.78. The Labute approximate surface area is 165 Å². The van der Waals surface area contributed by atoms with Crippen molar-refractivity contribution in [3.63, 3.8) is 0 Å². The molecule has 6 heteroatoms. The van der Waals surface area contributed by atoms with Crippen LogP contribution in [0.1, 0.15) is 34.6 Å². The Balaban J connectivity index is 1.54. The third kappa shape index (κ3) is 5.30. The number of rotatable bonds is 8. The van der Waals surface area contributed by atoms with Gasteiger partial charge in [-0.3, -0.25) is 4.79 Å². The van der Waals surface area contributed by atoms with Crippen LogP contribution in [-0.4, -0.2) is 29.5 Å². The molecule has 3 rings (SSSR count). The van der Waals surface area contributed by atoms with Gasteiger partial charge in [0.2, 0.25) is 5.95 Å². The van der Waals surface area contributed by atoms with E-state index in [0.717, 1.165) is 17.7 Å². The van der Waals surface area contributed by atoms with Gasteiger partial charge in [-0.25, -0.2) is 9.97 Å². The summed E-state index contributed by atoms with van der Waals surface area (Å²) >= 11 is 0. The Bertz CT molecular complexity index is 898. The van der Waals surface area contributed by atoms with E-state index in [4.69, 9.17) is 4.74 Å². The quantitative estimate of drug-likeness (QED) is 0.628. The van der Waals surface area contributed by atoms with Crippen LogP contribution >= 0.6 is 0 Å². The van der Waals surface area contributed by atoms with Crippen molar-refractivity contribution >= 4 is 11.9 Å². The van der Waals surface area contributed by atoms with E-state index < -0.39 is 0 Å². The fraction of sp³-hybridized carbons (Fsp3) is 0.227. The molecule has 0 aliphatic carbocycles. The second-order valence-electron chi connectivity index (χ2n) is 6.40. The molecule has 1 heterocycles. The molecule has 1 amide bonds. The average molecular weight is 376 g/mol. The maximum absolute atomic E-state index is 12.5. The molecule has 3 aromatic rings. The standard InChI is InChI=1S/C22H24N4O2/c1-16(18-6-4-3-5-7-18)25-21(27)20-13-15-24-22(26-20)23-14-12-17-8-10-19(28-2)11-9-17/h3-11,13,15-16H,12,14H2,1-2H3,(H,25,27)(H,23,24,26). The van der Waals surface area contributed by atoms with Crippen molar-refractivity contribution in [2.45, 2.75) is 19.4 Å². The van der Waals surface area contributed by atoms with Gasteiger partial charge in [0.1, 0.15) is 11.4 Å². The van der Waals surface area contributed by atoms with Crippen LogP contribution in [0.4, 0.5) is 5.95 Å². The number of hydrogen-bond donors (Lipinski definition) is 2. The molecule has 144 valence electrons. The summed E-state index contributed by atoms with van der Waals surface area (Å²) in [6, 6.07) is 19.3. The topological polar surface area (TPSA) is 76.1 Å². The van der Waals surface area contributed by atoms with Gasteiger partial charge in [-0.05, 0) is 42.7 Å². The Hall–Kier alpha value is -3.41. The van der Waals surface area contributed by atoms with Crippen molar-refractivity contribution in [1.29, 1.82) is 0 Å². The van der Waals surface area contributed by atoms with Crippen molar-refractivity contribution in [3.05, 3.63) is 83.7 Å². The molecule has 1 unspecified atom stereocenters. The number of nitrogens with zero attached hydrogens (tertiary/aromatic N) is 2. The van der Waals surface area contributed by atoms with Gasteiger partial charge < -0.3 is 15.4 Å². The van der Waals surface area contributed by atoms with Crippen LogP contribution < -0.4 is 15.4 Å². The van der Waals surface area contributed by atoms with E-state index in [1.54, 1.807) is 19.4 Å². The van der Waals surface area contributed by atoms with Crippen molar-refractivity contribution in [3.8, 4) is 5.75 Å². The number of ether oxygens (including phenoxy) is 1. The highest BCUT2D eigenvalue weighted by Crippen LogP contribution is 2.13. The minimum absolute atomic E-state index is 0.102. The van der Waals surface area contributed by atoms with E-state index in [-0.39, 0.29) is 11.9 Å². The predicted octanol–water partition coefficient (Wildman–Crippen LogP) is 3.63. The largest absolute Gasteiger partial charge is 0.497 e. The van der Waals surface area contributed by atoms with Crippen LogP contribution in [-0.2, 0) is 6.42 Å². The Morgan fingerprint density at radius 1 is 1.07 bits per heavy atom. The van der Waals surface area contributed by atoms with Crippen LogP contribution in [0.25, 0.3) is 0 Å². The average Bonchev–Trinajstić information content (AvgIpc) is 2.75. The van der Waals surface area contributed by atoms with Gasteiger partial charge in [0.05, 0.1) is 13.2 Å². The van der Waals surface area contributed by atoms with E-state index >= 15 is 0 Å². The first-order valence-electron chi connectivity index (χ1n) is 9.21. The highest BCUT2D eigenvalue weighted by atomic mass is 16.5. The summed E-state index contributed by atoms with van der Waals surface area (Å²) in [5.74, 6) is 1.05. The second kappa shape index (κ2) is 9.50. The molecular weight excluding hydrogens is 352 g/mol. The molecule has 0 spiro atoms. The zero-order valence-corrected chi connectivity index (χ0v) is 16.1. The van der Waals surface area contributed by atoms with Gasteiger partial charge >= 0.3 is 0 Å². The number of nitrogens with one attached hydrogen (secondary N) is 2. The number of methoxy groups -OCH3 is 1. The molecule has 0 saturated heterocycles. The van der Waals surface area contributed by atoms with Gasteiger partial charge in [0.15, 0.2) is 0 Å². The summed E-state index contributed by atoms with van der Waals surface area (Å²) in [6.45, 7) is 2.61. The lowest BCUT2D eigenvalue weighted by Gasteiger charge is -2.14. The molecule has 0 fully saturated rings. The van der Waals surface area contributed by atoms with Crippen molar-refractivity contribution in [2.24, 2.45) is 0 Å². The van der Waals surface area contributed by atoms with Crippen LogP contribution in [0.2, 0.25) is 0 Å². The molecule has 0 saturated carbocycles. The van der Waals surface area contributed by atoms with Crippen molar-refractivity contribution in [2.75, 3.05) is 19.0 Å². The van der Waals surface area contributed by atoms with Crippen LogP contribution in [0.5, 0.6) is 5.75 Å². The number of benzene rings is 2. The van der Waals surface area contributed by atoms with E-state index in [9.17, 15) is 4.79 Å². The molecule has 28 heavy (non-hydrogen) atoms. The van der Waals surface area contributed by atoms with E-state index in [1.165, 1.54) is 5.56 Å². The Morgan fingerprint density at radius 3 is 2.54 bits per heavy atom. The number of carbonyl (C=O) groups is 1. The first kappa shape index (κ1) is 19.4. The predicted molar refractivity (Wildman–Crippen MR) is 110 cm³/mol.